The molecule has 2 fully saturated rings. The fourth-order valence-electron chi connectivity index (χ4n) is 4.70. The Kier molecular flexibility index (Phi) is 3.94. The van der Waals surface area contributed by atoms with Crippen molar-refractivity contribution in [3.63, 3.8) is 0 Å². The molecule has 0 spiro atoms. The molecular formula is C21H17N3O5. The largest absolute Gasteiger partial charge is 0.455 e. The maximum absolute atomic E-state index is 12.8. The smallest absolute Gasteiger partial charge is 0.280 e. The van der Waals surface area contributed by atoms with Crippen LogP contribution in [0.2, 0.25) is 0 Å². The second kappa shape index (κ2) is 6.51. The van der Waals surface area contributed by atoms with Gasteiger partial charge in [-0.3, -0.25) is 19.7 Å². The van der Waals surface area contributed by atoms with Gasteiger partial charge in [-0.2, -0.15) is 10.1 Å². The number of hydrogen-bond donors (Lipinski definition) is 0. The quantitative estimate of drug-likeness (QED) is 0.261. The Balaban J connectivity index is 1.39. The highest BCUT2D eigenvalue weighted by molar-refractivity contribution is 6.06. The van der Waals surface area contributed by atoms with E-state index in [0.29, 0.717) is 17.1 Å². The molecule has 4 atom stereocenters. The summed E-state index contributed by atoms with van der Waals surface area (Å²) in [5.74, 6) is -0.332. The number of fused-ring (bicyclic) bond motifs is 1. The van der Waals surface area contributed by atoms with Crippen LogP contribution in [0.4, 0.5) is 5.69 Å². The van der Waals surface area contributed by atoms with Gasteiger partial charge in [-0.05, 0) is 42.9 Å². The van der Waals surface area contributed by atoms with Crippen molar-refractivity contribution in [3.8, 4) is 11.3 Å². The van der Waals surface area contributed by atoms with Crippen molar-refractivity contribution in [2.24, 2.45) is 28.8 Å². The highest BCUT2D eigenvalue weighted by Crippen LogP contribution is 2.49. The van der Waals surface area contributed by atoms with Crippen LogP contribution in [0.3, 0.4) is 0 Å². The van der Waals surface area contributed by atoms with Gasteiger partial charge in [-0.1, -0.05) is 24.3 Å². The number of hydrazone groups is 1. The lowest BCUT2D eigenvalue weighted by atomic mass is 9.63. The summed E-state index contributed by atoms with van der Waals surface area (Å²) in [5, 5.41) is 16.3. The maximum atomic E-state index is 12.8. The molecule has 29 heavy (non-hydrogen) atoms. The number of nitrogens with zero attached hydrogens (tertiary/aromatic N) is 3. The normalized spacial score (nSPS) is 27.8. The number of nitro benzene ring substituents is 1. The summed E-state index contributed by atoms with van der Waals surface area (Å²) in [6.45, 7) is 0. The van der Waals surface area contributed by atoms with Crippen LogP contribution in [0, 0.1) is 33.8 Å². The monoisotopic (exact) mass is 391 g/mol. The number of hydrogen-bond acceptors (Lipinski definition) is 6. The van der Waals surface area contributed by atoms with E-state index >= 15 is 0 Å². The molecule has 6 rings (SSSR count). The Labute approximate surface area is 165 Å². The van der Waals surface area contributed by atoms with E-state index in [9.17, 15) is 19.7 Å². The van der Waals surface area contributed by atoms with E-state index in [2.05, 4.69) is 17.3 Å². The summed E-state index contributed by atoms with van der Waals surface area (Å²) in [4.78, 5) is 36.3. The van der Waals surface area contributed by atoms with E-state index in [4.69, 9.17) is 4.42 Å². The molecule has 0 radical (unpaired) electrons. The molecule has 2 amide bonds. The molecule has 0 unspecified atom stereocenters. The maximum Gasteiger partial charge on any atom is 0.280 e. The predicted octanol–water partition coefficient (Wildman–Crippen LogP) is 3.39. The van der Waals surface area contributed by atoms with Gasteiger partial charge in [0.15, 0.2) is 0 Å². The Hall–Kier alpha value is -3.55. The molecule has 1 aromatic carbocycles. The molecule has 1 aliphatic heterocycles. The minimum Gasteiger partial charge on any atom is -0.455 e. The molecule has 4 aliphatic rings. The lowest BCUT2D eigenvalue weighted by Crippen LogP contribution is -2.38. The fourth-order valence-corrected chi connectivity index (χ4v) is 4.70. The minimum absolute atomic E-state index is 0.0673. The van der Waals surface area contributed by atoms with Gasteiger partial charge in [-0.15, -0.1) is 0 Å². The topological polar surface area (TPSA) is 106 Å². The number of nitro groups is 1. The lowest BCUT2D eigenvalue weighted by Gasteiger charge is -2.37. The summed E-state index contributed by atoms with van der Waals surface area (Å²) in [6, 6.07) is 9.46. The van der Waals surface area contributed by atoms with Crippen LogP contribution in [0.5, 0.6) is 0 Å². The first-order valence-electron chi connectivity index (χ1n) is 9.48. The van der Waals surface area contributed by atoms with Gasteiger partial charge < -0.3 is 4.42 Å². The summed E-state index contributed by atoms with van der Waals surface area (Å²) in [6.07, 6.45) is 7.27. The Bertz CT molecular complexity index is 1050. The van der Waals surface area contributed by atoms with Gasteiger partial charge in [0.2, 0.25) is 0 Å². The van der Waals surface area contributed by atoms with Crippen molar-refractivity contribution in [2.75, 3.05) is 0 Å². The highest BCUT2D eigenvalue weighted by Gasteiger charge is 2.56. The molecule has 0 N–H and O–H groups in total. The van der Waals surface area contributed by atoms with Crippen LogP contribution in [-0.2, 0) is 9.59 Å². The molecule has 2 bridgehead atoms. The number of carbonyl (C=O) groups is 2. The summed E-state index contributed by atoms with van der Waals surface area (Å²) in [5.41, 5.74) is 0.279. The molecule has 8 heteroatoms. The number of allylic oxidation sites excluding steroid dienone is 2. The second-order valence-corrected chi connectivity index (χ2v) is 7.55. The molecule has 2 heterocycles. The number of benzene rings is 1. The summed E-state index contributed by atoms with van der Waals surface area (Å²) in [7, 11) is 0. The molecule has 8 nitrogen and oxygen atoms in total. The first-order chi connectivity index (χ1) is 14.0. The van der Waals surface area contributed by atoms with E-state index in [-0.39, 0.29) is 41.2 Å². The van der Waals surface area contributed by atoms with Crippen molar-refractivity contribution >= 4 is 23.7 Å². The van der Waals surface area contributed by atoms with Crippen LogP contribution >= 0.6 is 0 Å². The Morgan fingerprint density at radius 3 is 2.31 bits per heavy atom. The average Bonchev–Trinajstić information content (AvgIpc) is 3.32. The van der Waals surface area contributed by atoms with E-state index < -0.39 is 4.92 Å². The minimum atomic E-state index is -0.475. The number of imide groups is 1. The molecule has 1 saturated carbocycles. The third-order valence-corrected chi connectivity index (χ3v) is 6.03. The van der Waals surface area contributed by atoms with Crippen LogP contribution in [0.15, 0.2) is 58.1 Å². The number of para-hydroxylation sites is 1. The van der Waals surface area contributed by atoms with Crippen molar-refractivity contribution in [1.29, 1.82) is 0 Å². The van der Waals surface area contributed by atoms with E-state index in [1.807, 2.05) is 0 Å². The standard InChI is InChI=1S/C21H17N3O5/c25-20-18-12-5-6-13(8-7-12)19(18)21(26)23(20)22-11-14-9-10-17(29-14)15-3-1-2-4-16(15)24(27)28/h1-6,9-13,18-19H,7-8H2/b22-11-/t12-,13-,18+,19+/m0/s1. The number of furan rings is 1. The van der Waals surface area contributed by atoms with Gasteiger partial charge >= 0.3 is 0 Å². The Morgan fingerprint density at radius 1 is 1.03 bits per heavy atom. The van der Waals surface area contributed by atoms with Gasteiger partial charge in [0.05, 0.1) is 28.5 Å². The molecular weight excluding hydrogens is 374 g/mol. The third-order valence-electron chi connectivity index (χ3n) is 6.03. The SMILES string of the molecule is O=C1[C@H]2[C@H](C(=O)N1/N=C\c1ccc(-c3ccccc3[N+](=O)[O-])o1)[C@H]1C=C[C@H]2CC1. The molecule has 1 saturated heterocycles. The number of amides is 2. The highest BCUT2D eigenvalue weighted by atomic mass is 16.6. The Morgan fingerprint density at radius 2 is 1.69 bits per heavy atom. The second-order valence-electron chi connectivity index (χ2n) is 7.55. The molecule has 3 aliphatic carbocycles. The first-order valence-corrected chi connectivity index (χ1v) is 9.48. The van der Waals surface area contributed by atoms with Crippen LogP contribution in [-0.4, -0.2) is 28.0 Å². The van der Waals surface area contributed by atoms with Gasteiger partial charge in [-0.25, -0.2) is 0 Å². The van der Waals surface area contributed by atoms with Crippen LogP contribution < -0.4 is 0 Å². The van der Waals surface area contributed by atoms with Crippen molar-refractivity contribution in [3.05, 3.63) is 64.4 Å². The van der Waals surface area contributed by atoms with E-state index in [1.54, 1.807) is 30.3 Å². The third kappa shape index (κ3) is 2.71. The van der Waals surface area contributed by atoms with Gasteiger partial charge in [0.1, 0.15) is 11.5 Å². The zero-order valence-electron chi connectivity index (χ0n) is 15.3. The predicted molar refractivity (Wildman–Crippen MR) is 103 cm³/mol. The summed E-state index contributed by atoms with van der Waals surface area (Å²) >= 11 is 0. The fraction of sp³-hybridized carbons (Fsp3) is 0.286. The molecule has 1 aromatic heterocycles. The number of rotatable bonds is 4. The molecule has 146 valence electrons. The molecule has 2 aromatic rings. The van der Waals surface area contributed by atoms with Gasteiger partial charge in [0.25, 0.3) is 17.5 Å². The van der Waals surface area contributed by atoms with Crippen molar-refractivity contribution < 1.29 is 18.9 Å². The lowest BCUT2D eigenvalue weighted by molar-refractivity contribution is -0.384. The van der Waals surface area contributed by atoms with Crippen molar-refractivity contribution in [1.82, 2.24) is 5.01 Å². The number of carbonyl (C=O) groups excluding carboxylic acids is 2. The van der Waals surface area contributed by atoms with E-state index in [0.717, 1.165) is 17.9 Å². The summed E-state index contributed by atoms with van der Waals surface area (Å²) < 4.78 is 5.65. The zero-order chi connectivity index (χ0) is 20.1. The van der Waals surface area contributed by atoms with Crippen molar-refractivity contribution in [2.45, 2.75) is 12.8 Å². The van der Waals surface area contributed by atoms with Crippen LogP contribution in [0.1, 0.15) is 18.6 Å². The van der Waals surface area contributed by atoms with Crippen LogP contribution in [0.25, 0.3) is 11.3 Å². The zero-order valence-corrected chi connectivity index (χ0v) is 15.3. The average molecular weight is 391 g/mol. The first kappa shape index (κ1) is 17.5. The van der Waals surface area contributed by atoms with E-state index in [1.165, 1.54) is 12.3 Å². The van der Waals surface area contributed by atoms with Gasteiger partial charge in [0, 0.05) is 6.07 Å².